The van der Waals surface area contributed by atoms with Crippen molar-refractivity contribution in [1.29, 1.82) is 0 Å². The second-order valence-corrected chi connectivity index (χ2v) is 6.26. The highest BCUT2D eigenvalue weighted by molar-refractivity contribution is 6.03. The number of Topliss-reactive ketones (excluding diaryl/α,β-unsaturated/α-hetero) is 1. The summed E-state index contributed by atoms with van der Waals surface area (Å²) in [7, 11) is 1.47. The highest BCUT2D eigenvalue weighted by atomic mass is 16.6. The third kappa shape index (κ3) is 3.55. The Labute approximate surface area is 130 Å². The van der Waals surface area contributed by atoms with Gasteiger partial charge in [0.15, 0.2) is 5.78 Å². The molecular formula is C16H22N2O4. The van der Waals surface area contributed by atoms with Crippen LogP contribution in [0.2, 0.25) is 0 Å². The third-order valence-electron chi connectivity index (χ3n) is 3.41. The van der Waals surface area contributed by atoms with Gasteiger partial charge in [0.2, 0.25) is 5.88 Å². The average Bonchev–Trinajstić information content (AvgIpc) is 2.94. The predicted octanol–water partition coefficient (Wildman–Crippen LogP) is 2.67. The minimum atomic E-state index is -0.584. The fraction of sp³-hybridized carbons (Fsp3) is 0.562. The molecule has 1 fully saturated rings. The number of carbonyl (C=O) groups excluding carboxylic acids is 2. The smallest absolute Gasteiger partial charge is 0.410 e. The Hall–Kier alpha value is -2.11. The van der Waals surface area contributed by atoms with Crippen molar-refractivity contribution in [3.8, 4) is 5.88 Å². The van der Waals surface area contributed by atoms with Crippen molar-refractivity contribution >= 4 is 11.9 Å². The summed E-state index contributed by atoms with van der Waals surface area (Å²) in [6, 6.07) is 2.83. The fourth-order valence-electron chi connectivity index (χ4n) is 2.50. The second kappa shape index (κ2) is 6.34. The maximum atomic E-state index is 12.7. The van der Waals surface area contributed by atoms with Gasteiger partial charge in [-0.05, 0) is 45.7 Å². The van der Waals surface area contributed by atoms with Crippen LogP contribution in [-0.4, -0.2) is 47.1 Å². The number of carbonyl (C=O) groups is 2. The van der Waals surface area contributed by atoms with E-state index in [9.17, 15) is 9.59 Å². The molecule has 0 saturated carbocycles. The molecule has 0 radical (unpaired) electrons. The molecule has 120 valence electrons. The van der Waals surface area contributed by atoms with Gasteiger partial charge in [0, 0.05) is 12.7 Å². The van der Waals surface area contributed by atoms with Gasteiger partial charge in [-0.1, -0.05) is 0 Å². The number of amides is 1. The summed E-state index contributed by atoms with van der Waals surface area (Å²) in [6.45, 7) is 5.94. The van der Waals surface area contributed by atoms with E-state index in [0.29, 0.717) is 18.5 Å². The van der Waals surface area contributed by atoms with Crippen LogP contribution >= 0.6 is 0 Å². The summed E-state index contributed by atoms with van der Waals surface area (Å²) in [5.74, 6) is 0.122. The van der Waals surface area contributed by atoms with Crippen LogP contribution in [-0.2, 0) is 4.74 Å². The molecule has 1 aromatic rings. The van der Waals surface area contributed by atoms with Crippen molar-refractivity contribution < 1.29 is 19.1 Å². The molecule has 1 unspecified atom stereocenters. The predicted molar refractivity (Wildman–Crippen MR) is 81.1 cm³/mol. The van der Waals surface area contributed by atoms with Crippen LogP contribution in [0.3, 0.4) is 0 Å². The van der Waals surface area contributed by atoms with E-state index < -0.39 is 17.7 Å². The number of ketones is 1. The molecule has 1 saturated heterocycles. The van der Waals surface area contributed by atoms with Crippen LogP contribution < -0.4 is 4.74 Å². The Morgan fingerprint density at radius 3 is 2.73 bits per heavy atom. The quantitative estimate of drug-likeness (QED) is 0.803. The van der Waals surface area contributed by atoms with Gasteiger partial charge in [-0.3, -0.25) is 9.69 Å². The number of nitrogens with zero attached hydrogens (tertiary/aromatic N) is 2. The van der Waals surface area contributed by atoms with Crippen LogP contribution in [0.5, 0.6) is 5.88 Å². The summed E-state index contributed by atoms with van der Waals surface area (Å²) in [5.41, 5.74) is -0.190. The number of likely N-dealkylation sites (tertiary alicyclic amines) is 1. The molecule has 1 aromatic heterocycles. The van der Waals surface area contributed by atoms with Crippen molar-refractivity contribution in [1.82, 2.24) is 9.88 Å². The van der Waals surface area contributed by atoms with Gasteiger partial charge in [-0.15, -0.1) is 0 Å². The first-order valence-corrected chi connectivity index (χ1v) is 7.36. The largest absolute Gasteiger partial charge is 0.480 e. The van der Waals surface area contributed by atoms with Gasteiger partial charge in [-0.25, -0.2) is 9.78 Å². The molecular weight excluding hydrogens is 284 g/mol. The van der Waals surface area contributed by atoms with E-state index in [1.807, 2.05) is 20.8 Å². The topological polar surface area (TPSA) is 68.7 Å². The molecule has 0 N–H and O–H groups in total. The molecule has 1 aliphatic heterocycles. The van der Waals surface area contributed by atoms with Crippen molar-refractivity contribution in [3.63, 3.8) is 0 Å². The minimum absolute atomic E-state index is 0.159. The zero-order chi connectivity index (χ0) is 16.3. The van der Waals surface area contributed by atoms with Crippen LogP contribution in [0, 0.1) is 0 Å². The highest BCUT2D eigenvalue weighted by Crippen LogP contribution is 2.26. The Bertz CT molecular complexity index is 566. The number of methoxy groups -OCH3 is 1. The molecule has 6 heteroatoms. The van der Waals surface area contributed by atoms with Gasteiger partial charge in [0.05, 0.1) is 18.7 Å². The van der Waals surface area contributed by atoms with Gasteiger partial charge in [0.1, 0.15) is 5.60 Å². The van der Waals surface area contributed by atoms with Gasteiger partial charge in [0.25, 0.3) is 0 Å². The molecule has 6 nitrogen and oxygen atoms in total. The SMILES string of the molecule is COc1ncccc1C(=O)C1CCCN1C(=O)OC(C)(C)C. The first-order valence-electron chi connectivity index (χ1n) is 7.36. The summed E-state index contributed by atoms with van der Waals surface area (Å²) in [5, 5.41) is 0. The summed E-state index contributed by atoms with van der Waals surface area (Å²) in [4.78, 5) is 30.5. The number of hydrogen-bond acceptors (Lipinski definition) is 5. The number of rotatable bonds is 3. The molecule has 1 atom stereocenters. The first kappa shape index (κ1) is 16.3. The standard InChI is InChI=1S/C16H22N2O4/c1-16(2,3)22-15(20)18-10-6-8-12(18)13(19)11-7-5-9-17-14(11)21-4/h5,7,9,12H,6,8,10H2,1-4H3. The van der Waals surface area contributed by atoms with E-state index in [4.69, 9.17) is 9.47 Å². The fourth-order valence-corrected chi connectivity index (χ4v) is 2.50. The number of ether oxygens (including phenoxy) is 2. The molecule has 1 aliphatic rings. The van der Waals surface area contributed by atoms with E-state index in [2.05, 4.69) is 4.98 Å². The van der Waals surface area contributed by atoms with Crippen LogP contribution in [0.4, 0.5) is 4.79 Å². The van der Waals surface area contributed by atoms with Crippen molar-refractivity contribution in [2.45, 2.75) is 45.3 Å². The molecule has 2 heterocycles. The molecule has 0 bridgehead atoms. The van der Waals surface area contributed by atoms with Crippen molar-refractivity contribution in [2.75, 3.05) is 13.7 Å². The molecule has 0 spiro atoms. The van der Waals surface area contributed by atoms with Crippen molar-refractivity contribution in [3.05, 3.63) is 23.9 Å². The summed E-state index contributed by atoms with van der Waals surface area (Å²) < 4.78 is 10.5. The van der Waals surface area contributed by atoms with Crippen molar-refractivity contribution in [2.24, 2.45) is 0 Å². The summed E-state index contributed by atoms with van der Waals surface area (Å²) in [6.07, 6.45) is 2.51. The Morgan fingerprint density at radius 1 is 1.36 bits per heavy atom. The van der Waals surface area contributed by atoms with Crippen LogP contribution in [0.25, 0.3) is 0 Å². The number of hydrogen-bond donors (Lipinski definition) is 0. The van der Waals surface area contributed by atoms with E-state index >= 15 is 0 Å². The monoisotopic (exact) mass is 306 g/mol. The number of pyridine rings is 1. The lowest BCUT2D eigenvalue weighted by atomic mass is 10.0. The van der Waals surface area contributed by atoms with Gasteiger partial charge < -0.3 is 9.47 Å². The minimum Gasteiger partial charge on any atom is -0.480 e. The van der Waals surface area contributed by atoms with Gasteiger partial charge >= 0.3 is 6.09 Å². The summed E-state index contributed by atoms with van der Waals surface area (Å²) >= 11 is 0. The lowest BCUT2D eigenvalue weighted by molar-refractivity contribution is 0.0222. The van der Waals surface area contributed by atoms with E-state index in [1.165, 1.54) is 12.0 Å². The molecule has 22 heavy (non-hydrogen) atoms. The Morgan fingerprint density at radius 2 is 2.09 bits per heavy atom. The normalized spacial score (nSPS) is 18.2. The molecule has 0 aromatic carbocycles. The van der Waals surface area contributed by atoms with E-state index in [-0.39, 0.29) is 11.7 Å². The second-order valence-electron chi connectivity index (χ2n) is 6.26. The van der Waals surface area contributed by atoms with E-state index in [1.54, 1.807) is 18.3 Å². The van der Waals surface area contributed by atoms with Crippen LogP contribution in [0.15, 0.2) is 18.3 Å². The van der Waals surface area contributed by atoms with E-state index in [0.717, 1.165) is 6.42 Å². The average molecular weight is 306 g/mol. The zero-order valence-electron chi connectivity index (χ0n) is 13.5. The molecule has 0 aliphatic carbocycles. The lowest BCUT2D eigenvalue weighted by Gasteiger charge is -2.28. The maximum absolute atomic E-state index is 12.7. The van der Waals surface area contributed by atoms with Crippen LogP contribution in [0.1, 0.15) is 44.0 Å². The first-order chi connectivity index (χ1) is 10.3. The zero-order valence-corrected chi connectivity index (χ0v) is 13.5. The number of aromatic nitrogens is 1. The Balaban J connectivity index is 2.20. The highest BCUT2D eigenvalue weighted by Gasteiger charge is 2.37. The third-order valence-corrected chi connectivity index (χ3v) is 3.41. The maximum Gasteiger partial charge on any atom is 0.410 e. The Kier molecular flexibility index (Phi) is 4.68. The lowest BCUT2D eigenvalue weighted by Crippen LogP contribution is -2.43. The molecule has 2 rings (SSSR count). The molecule has 1 amide bonds. The van der Waals surface area contributed by atoms with Gasteiger partial charge in [-0.2, -0.15) is 0 Å².